The zero-order valence-electron chi connectivity index (χ0n) is 17.6. The fourth-order valence-electron chi connectivity index (χ4n) is 5.07. The number of hydrogen-bond acceptors (Lipinski definition) is 6. The third-order valence-corrected chi connectivity index (χ3v) is 6.90. The number of piperazine rings is 1. The molecule has 4 rings (SSSR count). The third kappa shape index (κ3) is 3.74. The highest BCUT2D eigenvalue weighted by Gasteiger charge is 2.40. The highest BCUT2D eigenvalue weighted by molar-refractivity contribution is 5.83. The first-order valence-electron chi connectivity index (χ1n) is 10.6. The van der Waals surface area contributed by atoms with Crippen molar-refractivity contribution < 1.29 is 9.90 Å². The predicted molar refractivity (Wildman–Crippen MR) is 109 cm³/mol. The summed E-state index contributed by atoms with van der Waals surface area (Å²) in [5.74, 6) is -0.412. The van der Waals surface area contributed by atoms with Gasteiger partial charge in [-0.15, -0.1) is 0 Å². The van der Waals surface area contributed by atoms with Gasteiger partial charge in [0.15, 0.2) is 0 Å². The average molecular weight is 388 g/mol. The van der Waals surface area contributed by atoms with Crippen molar-refractivity contribution in [2.24, 2.45) is 0 Å². The molecule has 7 nitrogen and oxygen atoms in total. The van der Waals surface area contributed by atoms with Gasteiger partial charge in [0.05, 0.1) is 5.69 Å². The van der Waals surface area contributed by atoms with E-state index in [2.05, 4.69) is 52.5 Å². The minimum Gasteiger partial charge on any atom is -0.475 e. The number of hydrogen-bond donors (Lipinski definition) is 1. The molecule has 1 aromatic rings. The van der Waals surface area contributed by atoms with Crippen molar-refractivity contribution in [2.45, 2.75) is 70.0 Å². The second-order valence-electron chi connectivity index (χ2n) is 9.69. The van der Waals surface area contributed by atoms with Crippen LogP contribution in [0.2, 0.25) is 0 Å². The Labute approximate surface area is 167 Å². The van der Waals surface area contributed by atoms with Crippen molar-refractivity contribution in [3.63, 3.8) is 0 Å². The van der Waals surface area contributed by atoms with Gasteiger partial charge in [-0.05, 0) is 32.7 Å². The Hall–Kier alpha value is -1.73. The largest absolute Gasteiger partial charge is 0.475 e. The van der Waals surface area contributed by atoms with Gasteiger partial charge in [-0.3, -0.25) is 4.90 Å². The van der Waals surface area contributed by atoms with Crippen LogP contribution in [0, 0.1) is 0 Å². The van der Waals surface area contributed by atoms with Crippen LogP contribution in [-0.4, -0.2) is 82.2 Å². The lowest BCUT2D eigenvalue weighted by molar-refractivity contribution is 0.0682. The molecule has 1 N–H and O–H groups in total. The lowest BCUT2D eigenvalue weighted by Gasteiger charge is -2.45. The van der Waals surface area contributed by atoms with E-state index in [1.807, 2.05) is 6.07 Å². The Kier molecular flexibility index (Phi) is 5.08. The number of piperidine rings is 1. The van der Waals surface area contributed by atoms with Crippen LogP contribution in [0.1, 0.15) is 62.8 Å². The highest BCUT2D eigenvalue weighted by atomic mass is 16.4. The van der Waals surface area contributed by atoms with Crippen LogP contribution in [0.15, 0.2) is 6.07 Å². The van der Waals surface area contributed by atoms with Gasteiger partial charge >= 0.3 is 5.97 Å². The molecular weight excluding hydrogens is 354 g/mol. The van der Waals surface area contributed by atoms with E-state index in [0.29, 0.717) is 6.04 Å². The molecule has 0 radical (unpaired) electrons. The molecule has 1 aromatic heterocycles. The molecule has 0 aliphatic carbocycles. The summed E-state index contributed by atoms with van der Waals surface area (Å²) in [6.07, 6.45) is 5.29. The summed E-state index contributed by atoms with van der Waals surface area (Å²) in [5.41, 5.74) is 0.570. The summed E-state index contributed by atoms with van der Waals surface area (Å²) in [7, 11) is 2.29. The maximum Gasteiger partial charge on any atom is 0.374 e. The van der Waals surface area contributed by atoms with Gasteiger partial charge < -0.3 is 14.9 Å². The number of nitrogens with zero attached hydrogens (tertiary/aromatic N) is 5. The Bertz CT molecular complexity index is 725. The predicted octanol–water partition coefficient (Wildman–Crippen LogP) is 2.22. The van der Waals surface area contributed by atoms with Gasteiger partial charge in [0.2, 0.25) is 5.82 Å². The number of carboxylic acid groups (broad SMARTS) is 1. The van der Waals surface area contributed by atoms with E-state index < -0.39 is 5.97 Å². The highest BCUT2D eigenvalue weighted by Crippen LogP contribution is 2.36. The van der Waals surface area contributed by atoms with Crippen molar-refractivity contribution >= 4 is 11.8 Å². The molecule has 2 bridgehead atoms. The number of carbonyl (C=O) groups is 1. The molecule has 0 spiro atoms. The van der Waals surface area contributed by atoms with Gasteiger partial charge in [-0.1, -0.05) is 20.8 Å². The third-order valence-electron chi connectivity index (χ3n) is 6.90. The van der Waals surface area contributed by atoms with Crippen molar-refractivity contribution in [3.8, 4) is 0 Å². The number of anilines is 1. The maximum atomic E-state index is 11.5. The summed E-state index contributed by atoms with van der Waals surface area (Å²) in [4.78, 5) is 27.6. The minimum absolute atomic E-state index is 0.100. The molecule has 0 aromatic carbocycles. The molecule has 3 saturated heterocycles. The first-order valence-corrected chi connectivity index (χ1v) is 10.6. The molecule has 28 heavy (non-hydrogen) atoms. The number of aromatic carboxylic acids is 1. The van der Waals surface area contributed by atoms with E-state index in [0.717, 1.165) is 49.8 Å². The standard InChI is InChI=1S/C21H33N5O2/c1-21(2,3)17-13-18(23-19(22-17)20(27)28)26-9-7-25(8-10-26)16-11-14-5-6-15(12-16)24(14)4/h13-16H,5-12H2,1-4H3,(H,27,28). The molecule has 0 amide bonds. The number of carboxylic acids is 1. The quantitative estimate of drug-likeness (QED) is 0.852. The van der Waals surface area contributed by atoms with Crippen molar-refractivity contribution in [1.82, 2.24) is 19.8 Å². The van der Waals surface area contributed by atoms with E-state index >= 15 is 0 Å². The molecule has 7 heteroatoms. The SMILES string of the molecule is CN1C2CCC1CC(N1CCN(c3cc(C(C)(C)C)nc(C(=O)O)n3)CC1)C2. The number of aromatic nitrogens is 2. The van der Waals surface area contributed by atoms with E-state index in [4.69, 9.17) is 0 Å². The first-order chi connectivity index (χ1) is 13.2. The van der Waals surface area contributed by atoms with Crippen LogP contribution in [0.5, 0.6) is 0 Å². The average Bonchev–Trinajstić information content (AvgIpc) is 2.87. The Balaban J connectivity index is 1.45. The molecule has 3 aliphatic heterocycles. The lowest BCUT2D eigenvalue weighted by Crippen LogP contribution is -2.55. The van der Waals surface area contributed by atoms with Crippen molar-refractivity contribution in [3.05, 3.63) is 17.6 Å². The Morgan fingerprint density at radius 2 is 1.64 bits per heavy atom. The van der Waals surface area contributed by atoms with E-state index in [1.165, 1.54) is 25.7 Å². The second-order valence-corrected chi connectivity index (χ2v) is 9.69. The van der Waals surface area contributed by atoms with Crippen LogP contribution in [0.3, 0.4) is 0 Å². The van der Waals surface area contributed by atoms with E-state index in [-0.39, 0.29) is 11.2 Å². The molecule has 0 saturated carbocycles. The summed E-state index contributed by atoms with van der Waals surface area (Å²) in [6.45, 7) is 9.98. The van der Waals surface area contributed by atoms with Gasteiger partial charge in [-0.25, -0.2) is 14.8 Å². The molecule has 4 heterocycles. The monoisotopic (exact) mass is 387 g/mol. The summed E-state index contributed by atoms with van der Waals surface area (Å²) < 4.78 is 0. The van der Waals surface area contributed by atoms with Gasteiger partial charge in [0.1, 0.15) is 5.82 Å². The molecule has 2 atom stereocenters. The van der Waals surface area contributed by atoms with Gasteiger partial charge in [0.25, 0.3) is 0 Å². The first kappa shape index (κ1) is 19.6. The van der Waals surface area contributed by atoms with Crippen LogP contribution < -0.4 is 4.90 Å². The molecule has 3 aliphatic rings. The normalized spacial score (nSPS) is 29.3. The fraction of sp³-hybridized carbons (Fsp3) is 0.762. The zero-order chi connectivity index (χ0) is 20.1. The Morgan fingerprint density at radius 1 is 1.04 bits per heavy atom. The van der Waals surface area contributed by atoms with Crippen LogP contribution in [0.4, 0.5) is 5.82 Å². The zero-order valence-corrected chi connectivity index (χ0v) is 17.6. The summed E-state index contributed by atoms with van der Waals surface area (Å²) in [5, 5.41) is 9.43. The van der Waals surface area contributed by atoms with Gasteiger partial charge in [-0.2, -0.15) is 0 Å². The van der Waals surface area contributed by atoms with E-state index in [9.17, 15) is 9.90 Å². The number of rotatable bonds is 3. The topological polar surface area (TPSA) is 72.8 Å². The summed E-state index contributed by atoms with van der Waals surface area (Å²) >= 11 is 0. The second kappa shape index (κ2) is 7.26. The van der Waals surface area contributed by atoms with E-state index in [1.54, 1.807) is 0 Å². The van der Waals surface area contributed by atoms with Crippen LogP contribution in [-0.2, 0) is 5.41 Å². The molecule has 2 unspecified atom stereocenters. The van der Waals surface area contributed by atoms with Crippen molar-refractivity contribution in [1.29, 1.82) is 0 Å². The fourth-order valence-corrected chi connectivity index (χ4v) is 5.07. The molecule has 154 valence electrons. The molecular formula is C21H33N5O2. The smallest absolute Gasteiger partial charge is 0.374 e. The van der Waals surface area contributed by atoms with Crippen LogP contribution in [0.25, 0.3) is 0 Å². The minimum atomic E-state index is -1.06. The van der Waals surface area contributed by atoms with Crippen LogP contribution >= 0.6 is 0 Å². The number of fused-ring (bicyclic) bond motifs is 2. The maximum absolute atomic E-state index is 11.5. The van der Waals surface area contributed by atoms with Gasteiger partial charge in [0, 0.05) is 55.8 Å². The Morgan fingerprint density at radius 3 is 2.18 bits per heavy atom. The lowest BCUT2D eigenvalue weighted by atomic mass is 9.92. The molecule has 3 fully saturated rings. The summed E-state index contributed by atoms with van der Waals surface area (Å²) in [6, 6.07) is 4.19. The van der Waals surface area contributed by atoms with Crippen molar-refractivity contribution in [2.75, 3.05) is 38.1 Å².